The smallest absolute Gasteiger partial charge is 0.266 e. The van der Waals surface area contributed by atoms with Crippen molar-refractivity contribution in [2.45, 2.75) is 0 Å². The molecule has 1 amide bonds. The molecule has 0 saturated carbocycles. The van der Waals surface area contributed by atoms with E-state index in [-0.39, 0.29) is 11.3 Å². The molecule has 0 heterocycles. The van der Waals surface area contributed by atoms with Gasteiger partial charge in [0, 0.05) is 10.7 Å². The normalized spacial score (nSPS) is 10.8. The molecule has 4 nitrogen and oxygen atoms in total. The van der Waals surface area contributed by atoms with Crippen molar-refractivity contribution in [1.82, 2.24) is 0 Å². The van der Waals surface area contributed by atoms with Gasteiger partial charge in [0.25, 0.3) is 5.91 Å². The van der Waals surface area contributed by atoms with Gasteiger partial charge in [-0.3, -0.25) is 4.79 Å². The van der Waals surface area contributed by atoms with Gasteiger partial charge < -0.3 is 10.4 Å². The van der Waals surface area contributed by atoms with E-state index in [9.17, 15) is 9.90 Å². The highest BCUT2D eigenvalue weighted by Crippen LogP contribution is 2.16. The molecule has 5 heteroatoms. The first kappa shape index (κ1) is 14.6. The quantitative estimate of drug-likeness (QED) is 0.516. The molecule has 0 radical (unpaired) electrons. The lowest BCUT2D eigenvalue weighted by Crippen LogP contribution is -2.13. The summed E-state index contributed by atoms with van der Waals surface area (Å²) in [6, 6.07) is 14.7. The first-order valence-corrected chi connectivity index (χ1v) is 6.44. The van der Waals surface area contributed by atoms with Gasteiger partial charge in [-0.05, 0) is 48.0 Å². The van der Waals surface area contributed by atoms with Crippen LogP contribution < -0.4 is 5.32 Å². The molecular formula is C16H11ClN2O2. The van der Waals surface area contributed by atoms with E-state index in [1.807, 2.05) is 6.07 Å². The summed E-state index contributed by atoms with van der Waals surface area (Å²) in [5.41, 5.74) is 1.12. The third-order valence-corrected chi connectivity index (χ3v) is 2.89. The largest absolute Gasteiger partial charge is 0.508 e. The number of carbonyl (C=O) groups is 1. The van der Waals surface area contributed by atoms with Gasteiger partial charge in [0.2, 0.25) is 0 Å². The minimum Gasteiger partial charge on any atom is -0.508 e. The highest BCUT2D eigenvalue weighted by atomic mass is 35.5. The first-order chi connectivity index (χ1) is 10.1. The third-order valence-electron chi connectivity index (χ3n) is 2.65. The summed E-state index contributed by atoms with van der Waals surface area (Å²) in [7, 11) is 0. The summed E-state index contributed by atoms with van der Waals surface area (Å²) in [6.07, 6.45) is 1.46. The Morgan fingerprint density at radius 1 is 1.24 bits per heavy atom. The Balaban J connectivity index is 2.19. The molecule has 104 valence electrons. The minimum absolute atomic E-state index is 0.0367. The standard InChI is InChI=1S/C16H11ClN2O2/c17-13-3-1-2-11(9-13)8-12(10-18)16(21)19-14-4-6-15(20)7-5-14/h1-9,20H,(H,19,21)/b12-8+. The van der Waals surface area contributed by atoms with Crippen LogP contribution in [0.1, 0.15) is 5.56 Å². The number of halogens is 1. The van der Waals surface area contributed by atoms with Crippen molar-refractivity contribution < 1.29 is 9.90 Å². The summed E-state index contributed by atoms with van der Waals surface area (Å²) >= 11 is 5.86. The highest BCUT2D eigenvalue weighted by molar-refractivity contribution is 6.30. The fourth-order valence-electron chi connectivity index (χ4n) is 1.65. The zero-order chi connectivity index (χ0) is 15.2. The Labute approximate surface area is 126 Å². The number of hydrogen-bond acceptors (Lipinski definition) is 3. The molecule has 0 fully saturated rings. The molecule has 0 atom stereocenters. The maximum Gasteiger partial charge on any atom is 0.266 e. The zero-order valence-electron chi connectivity index (χ0n) is 10.9. The Morgan fingerprint density at radius 3 is 2.57 bits per heavy atom. The number of rotatable bonds is 3. The van der Waals surface area contributed by atoms with Crippen LogP contribution >= 0.6 is 11.6 Å². The van der Waals surface area contributed by atoms with Gasteiger partial charge in [-0.1, -0.05) is 23.7 Å². The molecule has 0 unspecified atom stereocenters. The molecule has 0 aliphatic heterocycles. The summed E-state index contributed by atoms with van der Waals surface area (Å²) in [4.78, 5) is 12.0. The molecule has 0 aromatic heterocycles. The van der Waals surface area contributed by atoms with E-state index in [0.717, 1.165) is 0 Å². The Kier molecular flexibility index (Phi) is 4.60. The van der Waals surface area contributed by atoms with Crippen LogP contribution in [0, 0.1) is 11.3 Å². The molecule has 0 saturated heterocycles. The number of hydrogen-bond donors (Lipinski definition) is 2. The molecule has 0 aliphatic rings. The fourth-order valence-corrected chi connectivity index (χ4v) is 1.85. The van der Waals surface area contributed by atoms with Gasteiger partial charge in [0.05, 0.1) is 0 Å². The lowest BCUT2D eigenvalue weighted by Gasteiger charge is -2.04. The molecule has 2 aromatic rings. The predicted octanol–water partition coefficient (Wildman–Crippen LogP) is 3.59. The molecule has 0 aliphatic carbocycles. The van der Waals surface area contributed by atoms with Crippen LogP contribution in [0.3, 0.4) is 0 Å². The van der Waals surface area contributed by atoms with Gasteiger partial charge in [-0.15, -0.1) is 0 Å². The fraction of sp³-hybridized carbons (Fsp3) is 0. The number of aromatic hydroxyl groups is 1. The van der Waals surface area contributed by atoms with Crippen molar-refractivity contribution in [2.24, 2.45) is 0 Å². The lowest BCUT2D eigenvalue weighted by molar-refractivity contribution is -0.112. The van der Waals surface area contributed by atoms with Crippen molar-refractivity contribution in [3.8, 4) is 11.8 Å². The lowest BCUT2D eigenvalue weighted by atomic mass is 10.1. The van der Waals surface area contributed by atoms with Crippen LogP contribution in [0.2, 0.25) is 5.02 Å². The summed E-state index contributed by atoms with van der Waals surface area (Å²) in [6.45, 7) is 0. The number of benzene rings is 2. The average molecular weight is 299 g/mol. The summed E-state index contributed by atoms with van der Waals surface area (Å²) in [5.74, 6) is -0.425. The van der Waals surface area contributed by atoms with Gasteiger partial charge >= 0.3 is 0 Å². The molecule has 2 rings (SSSR count). The highest BCUT2D eigenvalue weighted by Gasteiger charge is 2.09. The van der Waals surface area contributed by atoms with Crippen LogP contribution in [-0.2, 0) is 4.79 Å². The van der Waals surface area contributed by atoms with Crippen LogP contribution in [0.25, 0.3) is 6.08 Å². The minimum atomic E-state index is -0.525. The Morgan fingerprint density at radius 2 is 1.95 bits per heavy atom. The number of anilines is 1. The van der Waals surface area contributed by atoms with Gasteiger partial charge in [0.15, 0.2) is 0 Å². The molecule has 21 heavy (non-hydrogen) atoms. The maximum atomic E-state index is 12.0. The first-order valence-electron chi connectivity index (χ1n) is 6.06. The molecule has 0 bridgehead atoms. The predicted molar refractivity (Wildman–Crippen MR) is 81.8 cm³/mol. The second-order valence-corrected chi connectivity index (χ2v) is 4.66. The van der Waals surface area contributed by atoms with E-state index in [1.54, 1.807) is 36.4 Å². The van der Waals surface area contributed by atoms with Crippen LogP contribution in [0.5, 0.6) is 5.75 Å². The molecular weight excluding hydrogens is 288 g/mol. The second-order valence-electron chi connectivity index (χ2n) is 4.23. The maximum absolute atomic E-state index is 12.0. The van der Waals surface area contributed by atoms with Crippen molar-refractivity contribution in [3.05, 3.63) is 64.7 Å². The number of carbonyl (C=O) groups excluding carboxylic acids is 1. The van der Waals surface area contributed by atoms with E-state index in [1.165, 1.54) is 18.2 Å². The Bertz CT molecular complexity index is 731. The van der Waals surface area contributed by atoms with E-state index in [2.05, 4.69) is 5.32 Å². The van der Waals surface area contributed by atoms with Crippen molar-refractivity contribution in [1.29, 1.82) is 5.26 Å². The number of nitrogens with one attached hydrogen (secondary N) is 1. The average Bonchev–Trinajstić information content (AvgIpc) is 2.47. The number of phenols is 1. The van der Waals surface area contributed by atoms with Gasteiger partial charge in [0.1, 0.15) is 17.4 Å². The van der Waals surface area contributed by atoms with Gasteiger partial charge in [-0.25, -0.2) is 0 Å². The second kappa shape index (κ2) is 6.60. The number of nitriles is 1. The monoisotopic (exact) mass is 298 g/mol. The topological polar surface area (TPSA) is 73.1 Å². The van der Waals surface area contributed by atoms with Crippen molar-refractivity contribution in [3.63, 3.8) is 0 Å². The number of nitrogens with zero attached hydrogens (tertiary/aromatic N) is 1. The zero-order valence-corrected chi connectivity index (χ0v) is 11.6. The third kappa shape index (κ3) is 4.10. The van der Waals surface area contributed by atoms with Crippen LogP contribution in [0.15, 0.2) is 54.1 Å². The van der Waals surface area contributed by atoms with Crippen molar-refractivity contribution in [2.75, 3.05) is 5.32 Å². The van der Waals surface area contributed by atoms with E-state index in [4.69, 9.17) is 16.9 Å². The SMILES string of the molecule is N#C/C(=C\c1cccc(Cl)c1)C(=O)Nc1ccc(O)cc1. The van der Waals surface area contributed by atoms with Gasteiger partial charge in [-0.2, -0.15) is 5.26 Å². The molecule has 0 spiro atoms. The van der Waals surface area contributed by atoms with Crippen LogP contribution in [-0.4, -0.2) is 11.0 Å². The molecule has 2 aromatic carbocycles. The number of amides is 1. The Hall–Kier alpha value is -2.77. The summed E-state index contributed by atoms with van der Waals surface area (Å²) in [5, 5.41) is 21.4. The number of phenolic OH excluding ortho intramolecular Hbond substituents is 1. The van der Waals surface area contributed by atoms with E-state index >= 15 is 0 Å². The molecule has 2 N–H and O–H groups in total. The summed E-state index contributed by atoms with van der Waals surface area (Å²) < 4.78 is 0. The van der Waals surface area contributed by atoms with Crippen molar-refractivity contribution >= 4 is 29.3 Å². The van der Waals surface area contributed by atoms with Crippen LogP contribution in [0.4, 0.5) is 5.69 Å². The van der Waals surface area contributed by atoms with E-state index < -0.39 is 5.91 Å². The van der Waals surface area contributed by atoms with E-state index in [0.29, 0.717) is 16.3 Å².